The van der Waals surface area contributed by atoms with Gasteiger partial charge >= 0.3 is 0 Å². The van der Waals surface area contributed by atoms with E-state index in [0.717, 1.165) is 22.8 Å². The van der Waals surface area contributed by atoms with Crippen molar-refractivity contribution in [3.63, 3.8) is 0 Å². The van der Waals surface area contributed by atoms with Crippen molar-refractivity contribution in [2.24, 2.45) is 0 Å². The molecule has 4 heterocycles. The summed E-state index contributed by atoms with van der Waals surface area (Å²) in [6.45, 7) is 4.07. The number of aryl methyl sites for hydroxylation is 2. The maximum absolute atomic E-state index is 5.28. The van der Waals surface area contributed by atoms with E-state index in [1.54, 1.807) is 29.3 Å². The number of thiazole rings is 1. The van der Waals surface area contributed by atoms with Crippen LogP contribution in [0.15, 0.2) is 35.2 Å². The second-order valence-electron chi connectivity index (χ2n) is 4.35. The molecule has 1 aliphatic heterocycles. The summed E-state index contributed by atoms with van der Waals surface area (Å²) < 4.78 is 6.45. The molecule has 0 atom stereocenters. The van der Waals surface area contributed by atoms with Gasteiger partial charge in [0.05, 0.1) is 26.8 Å². The summed E-state index contributed by atoms with van der Waals surface area (Å²) in [6.07, 6.45) is 7.31. The zero-order valence-electron chi connectivity index (χ0n) is 11.2. The maximum atomic E-state index is 5.28. The fourth-order valence-corrected chi connectivity index (χ4v) is 3.45. The summed E-state index contributed by atoms with van der Waals surface area (Å²) in [4.78, 5) is 13.5. The van der Waals surface area contributed by atoms with Crippen molar-refractivity contribution >= 4 is 33.3 Å². The van der Waals surface area contributed by atoms with Crippen LogP contribution in [-0.4, -0.2) is 20.9 Å². The van der Waals surface area contributed by atoms with Crippen LogP contribution in [0.5, 0.6) is 5.75 Å². The maximum Gasteiger partial charge on any atom is 0.152 e. The van der Waals surface area contributed by atoms with Gasteiger partial charge in [0.1, 0.15) is 5.94 Å². The van der Waals surface area contributed by atoms with E-state index in [2.05, 4.69) is 15.0 Å². The highest BCUT2D eigenvalue weighted by atomic mass is 32.2. The quantitative estimate of drug-likeness (QED) is 0.631. The molecule has 3 aromatic rings. The SMILES string of the molecule is Cc1cncc2c1SCO2.Cc1cncc2scnc12. The second-order valence-corrected chi connectivity index (χ2v) is 6.16. The van der Waals surface area contributed by atoms with Crippen LogP contribution in [0.2, 0.25) is 0 Å². The first-order valence-corrected chi connectivity index (χ1v) is 7.96. The predicted octanol–water partition coefficient (Wildman–Crippen LogP) is 3.83. The fourth-order valence-electron chi connectivity index (χ4n) is 1.89. The first kappa shape index (κ1) is 13.3. The Labute approximate surface area is 125 Å². The number of ether oxygens (including phenoxy) is 1. The fraction of sp³-hybridized carbons (Fsp3) is 0.214. The highest BCUT2D eigenvalue weighted by molar-refractivity contribution is 7.99. The van der Waals surface area contributed by atoms with Crippen LogP contribution in [0.25, 0.3) is 10.2 Å². The molecule has 4 rings (SSSR count). The average Bonchev–Trinajstić information content (AvgIpc) is 3.08. The van der Waals surface area contributed by atoms with Crippen molar-refractivity contribution in [3.05, 3.63) is 41.4 Å². The Kier molecular flexibility index (Phi) is 3.84. The second kappa shape index (κ2) is 5.76. The lowest BCUT2D eigenvalue weighted by Gasteiger charge is -1.97. The van der Waals surface area contributed by atoms with Crippen LogP contribution in [-0.2, 0) is 0 Å². The largest absolute Gasteiger partial charge is 0.480 e. The zero-order chi connectivity index (χ0) is 13.9. The van der Waals surface area contributed by atoms with Gasteiger partial charge in [-0.3, -0.25) is 9.97 Å². The van der Waals surface area contributed by atoms with Gasteiger partial charge in [-0.05, 0) is 25.0 Å². The number of pyridine rings is 2. The monoisotopic (exact) mass is 303 g/mol. The van der Waals surface area contributed by atoms with Crippen LogP contribution in [0.1, 0.15) is 11.1 Å². The van der Waals surface area contributed by atoms with Gasteiger partial charge < -0.3 is 4.74 Å². The highest BCUT2D eigenvalue weighted by Crippen LogP contribution is 2.37. The van der Waals surface area contributed by atoms with Crippen LogP contribution >= 0.6 is 23.1 Å². The van der Waals surface area contributed by atoms with E-state index >= 15 is 0 Å². The standard InChI is InChI=1S/C7H6N2S.C7H7NOS/c1-5-2-8-3-6-7(5)9-4-10-6;1-5-2-8-3-6-7(5)10-4-9-6/h2-4H,1H3;2-3H,4H2,1H3. The number of aromatic nitrogens is 3. The van der Waals surface area contributed by atoms with E-state index in [9.17, 15) is 0 Å². The molecule has 0 spiro atoms. The van der Waals surface area contributed by atoms with Crippen molar-refractivity contribution in [1.29, 1.82) is 0 Å². The molecule has 0 aliphatic carbocycles. The molecule has 0 bridgehead atoms. The number of hydrogen-bond acceptors (Lipinski definition) is 6. The van der Waals surface area contributed by atoms with Gasteiger partial charge in [0.2, 0.25) is 0 Å². The van der Waals surface area contributed by atoms with E-state index in [1.807, 2.05) is 37.9 Å². The first-order chi connectivity index (χ1) is 9.75. The summed E-state index contributed by atoms with van der Waals surface area (Å²) in [7, 11) is 0. The summed E-state index contributed by atoms with van der Waals surface area (Å²) in [6, 6.07) is 0. The molecule has 0 N–H and O–H groups in total. The topological polar surface area (TPSA) is 47.9 Å². The van der Waals surface area contributed by atoms with E-state index in [-0.39, 0.29) is 0 Å². The molecule has 0 fully saturated rings. The molecule has 0 amide bonds. The van der Waals surface area contributed by atoms with E-state index in [4.69, 9.17) is 4.74 Å². The van der Waals surface area contributed by atoms with Gasteiger partial charge in [0.15, 0.2) is 5.75 Å². The Balaban J connectivity index is 0.000000121. The third-order valence-corrected chi connectivity index (χ3v) is 4.70. The Morgan fingerprint density at radius 2 is 1.85 bits per heavy atom. The number of nitrogens with zero attached hydrogens (tertiary/aromatic N) is 3. The van der Waals surface area contributed by atoms with E-state index < -0.39 is 0 Å². The van der Waals surface area contributed by atoms with Crippen LogP contribution < -0.4 is 4.74 Å². The molecule has 0 radical (unpaired) electrons. The van der Waals surface area contributed by atoms with Gasteiger partial charge in [0, 0.05) is 18.6 Å². The lowest BCUT2D eigenvalue weighted by atomic mass is 10.3. The molecule has 3 aromatic heterocycles. The zero-order valence-corrected chi connectivity index (χ0v) is 12.8. The van der Waals surface area contributed by atoms with Gasteiger partial charge in [-0.15, -0.1) is 11.3 Å². The third kappa shape index (κ3) is 2.62. The molecule has 0 saturated heterocycles. The number of hydrogen-bond donors (Lipinski definition) is 0. The molecular formula is C14H13N3OS2. The van der Waals surface area contributed by atoms with Crippen molar-refractivity contribution < 1.29 is 4.74 Å². The molecule has 1 aliphatic rings. The lowest BCUT2D eigenvalue weighted by molar-refractivity contribution is 0.395. The third-order valence-electron chi connectivity index (χ3n) is 2.89. The Bertz CT molecular complexity index is 742. The summed E-state index contributed by atoms with van der Waals surface area (Å²) in [5.74, 6) is 1.67. The van der Waals surface area contributed by atoms with Crippen molar-refractivity contribution in [2.45, 2.75) is 18.7 Å². The molecule has 4 nitrogen and oxygen atoms in total. The molecule has 6 heteroatoms. The van der Waals surface area contributed by atoms with Gasteiger partial charge in [-0.25, -0.2) is 4.98 Å². The number of fused-ring (bicyclic) bond motifs is 2. The van der Waals surface area contributed by atoms with Gasteiger partial charge in [0.25, 0.3) is 0 Å². The van der Waals surface area contributed by atoms with Crippen LogP contribution in [0, 0.1) is 13.8 Å². The first-order valence-electron chi connectivity index (χ1n) is 6.09. The van der Waals surface area contributed by atoms with Crippen LogP contribution in [0.4, 0.5) is 0 Å². The van der Waals surface area contributed by atoms with Crippen LogP contribution in [0.3, 0.4) is 0 Å². The van der Waals surface area contributed by atoms with Gasteiger partial charge in [-0.1, -0.05) is 11.8 Å². The lowest BCUT2D eigenvalue weighted by Crippen LogP contribution is -1.83. The molecule has 20 heavy (non-hydrogen) atoms. The molecule has 0 aromatic carbocycles. The summed E-state index contributed by atoms with van der Waals surface area (Å²) >= 11 is 3.36. The average molecular weight is 303 g/mol. The number of rotatable bonds is 0. The van der Waals surface area contributed by atoms with Crippen molar-refractivity contribution in [3.8, 4) is 5.75 Å². The predicted molar refractivity (Wildman–Crippen MR) is 82.5 cm³/mol. The molecule has 0 unspecified atom stereocenters. The molecule has 102 valence electrons. The number of thioether (sulfide) groups is 1. The highest BCUT2D eigenvalue weighted by Gasteiger charge is 2.14. The molecule has 0 saturated carbocycles. The van der Waals surface area contributed by atoms with E-state index in [1.165, 1.54) is 15.2 Å². The minimum atomic E-state index is 0.738. The minimum absolute atomic E-state index is 0.738. The Hall–Kier alpha value is -1.66. The summed E-state index contributed by atoms with van der Waals surface area (Å²) in [5.41, 5.74) is 5.29. The molecular weight excluding hydrogens is 290 g/mol. The Morgan fingerprint density at radius 3 is 2.65 bits per heavy atom. The van der Waals surface area contributed by atoms with E-state index in [0.29, 0.717) is 0 Å². The smallest absolute Gasteiger partial charge is 0.152 e. The normalized spacial score (nSPS) is 12.5. The van der Waals surface area contributed by atoms with Crippen molar-refractivity contribution in [1.82, 2.24) is 15.0 Å². The minimum Gasteiger partial charge on any atom is -0.480 e. The Morgan fingerprint density at radius 1 is 1.05 bits per heavy atom. The summed E-state index contributed by atoms with van der Waals surface area (Å²) in [5, 5.41) is 0. The van der Waals surface area contributed by atoms with Gasteiger partial charge in [-0.2, -0.15) is 0 Å². The van der Waals surface area contributed by atoms with Crippen molar-refractivity contribution in [2.75, 3.05) is 5.94 Å².